The summed E-state index contributed by atoms with van der Waals surface area (Å²) in [5.41, 5.74) is 5.57. The van der Waals surface area contributed by atoms with Crippen molar-refractivity contribution in [2.24, 2.45) is 0 Å². The molecule has 5 heterocycles. The molecule has 3 aromatic heterocycles. The minimum atomic E-state index is -0.339. The lowest BCUT2D eigenvalue weighted by Gasteiger charge is -2.40. The quantitative estimate of drug-likeness (QED) is 0.394. The van der Waals surface area contributed by atoms with Crippen LogP contribution in [0, 0.1) is 5.82 Å². The van der Waals surface area contributed by atoms with Crippen LogP contribution in [-0.2, 0) is 11.3 Å². The van der Waals surface area contributed by atoms with Gasteiger partial charge in [-0.15, -0.1) is 0 Å². The molecule has 1 amide bonds. The highest BCUT2D eigenvalue weighted by Crippen LogP contribution is 2.45. The van der Waals surface area contributed by atoms with Crippen molar-refractivity contribution in [3.05, 3.63) is 71.9 Å². The van der Waals surface area contributed by atoms with Crippen molar-refractivity contribution < 1.29 is 13.9 Å². The van der Waals surface area contributed by atoms with Crippen LogP contribution in [0.5, 0.6) is 0 Å². The number of nitrogens with one attached hydrogen (secondary N) is 2. The predicted octanol–water partition coefficient (Wildman–Crippen LogP) is 3.82. The fourth-order valence-corrected chi connectivity index (χ4v) is 6.03. The van der Waals surface area contributed by atoms with Crippen LogP contribution in [0.4, 0.5) is 21.6 Å². The molecule has 0 spiro atoms. The molecule has 3 aliphatic rings. The van der Waals surface area contributed by atoms with Gasteiger partial charge < -0.3 is 25.2 Å². The van der Waals surface area contributed by atoms with E-state index in [9.17, 15) is 9.18 Å². The van der Waals surface area contributed by atoms with Crippen LogP contribution in [0.1, 0.15) is 28.8 Å². The molecule has 2 N–H and O–H groups in total. The number of anilines is 3. The normalized spacial score (nSPS) is 19.8. The molecule has 0 unspecified atom stereocenters. The molecule has 7 rings (SSSR count). The van der Waals surface area contributed by atoms with Crippen LogP contribution in [0.25, 0.3) is 16.9 Å². The van der Waals surface area contributed by atoms with Gasteiger partial charge in [-0.3, -0.25) is 9.20 Å². The van der Waals surface area contributed by atoms with Crippen LogP contribution in [-0.4, -0.2) is 70.6 Å². The molecule has 4 aromatic rings. The number of fused-ring (bicyclic) bond motifs is 2. The third-order valence-electron chi connectivity index (χ3n) is 8.41. The lowest BCUT2D eigenvalue weighted by molar-refractivity contribution is -0.0215. The first kappa shape index (κ1) is 24.1. The monoisotopic (exact) mass is 527 g/mol. The summed E-state index contributed by atoms with van der Waals surface area (Å²) in [4.78, 5) is 26.5. The molecule has 2 fully saturated rings. The van der Waals surface area contributed by atoms with E-state index in [1.807, 2.05) is 28.8 Å². The standard InChI is InChI=1S/C29H30FN7O2/c1-35(2)29(8-9-29)24-17-36(11-12-39-24)19-3-6-25(31-14-19)34-22-5-4-20(21-15-33-28(38)27(21)22)23-16-32-26-13-18(30)7-10-37(23)26/h3-7,10,13-14,16,24H,8-9,11-12,15,17H2,1-2H3,(H,31,34)(H,33,38)/t24-/m1/s1. The summed E-state index contributed by atoms with van der Waals surface area (Å²) in [7, 11) is 4.28. The molecular formula is C29H30FN7O2. The number of carbonyl (C=O) groups excluding carboxylic acids is 1. The van der Waals surface area contributed by atoms with Crippen LogP contribution >= 0.6 is 0 Å². The molecular weight excluding hydrogens is 497 g/mol. The van der Waals surface area contributed by atoms with Gasteiger partial charge in [0.05, 0.1) is 47.7 Å². The van der Waals surface area contributed by atoms with Gasteiger partial charge in [0.2, 0.25) is 0 Å². The maximum absolute atomic E-state index is 13.7. The molecule has 1 aliphatic carbocycles. The highest BCUT2D eigenvalue weighted by molar-refractivity contribution is 6.06. The maximum atomic E-state index is 13.7. The number of carbonyl (C=O) groups is 1. The Balaban J connectivity index is 1.13. The molecule has 1 atom stereocenters. The number of imidazole rings is 1. The first-order valence-corrected chi connectivity index (χ1v) is 13.3. The number of benzene rings is 1. The number of aromatic nitrogens is 3. The second kappa shape index (κ2) is 9.03. The minimum absolute atomic E-state index is 0.139. The zero-order valence-corrected chi connectivity index (χ0v) is 21.9. The Morgan fingerprint density at radius 3 is 2.79 bits per heavy atom. The van der Waals surface area contributed by atoms with Crippen molar-refractivity contribution in [2.45, 2.75) is 31.0 Å². The van der Waals surface area contributed by atoms with Crippen molar-refractivity contribution in [1.29, 1.82) is 0 Å². The summed E-state index contributed by atoms with van der Waals surface area (Å²) in [5.74, 6) is 0.184. The van der Waals surface area contributed by atoms with Gasteiger partial charge in [0, 0.05) is 43.0 Å². The van der Waals surface area contributed by atoms with Gasteiger partial charge in [-0.05, 0) is 56.8 Å². The second-order valence-electron chi connectivity index (χ2n) is 10.7. The van der Waals surface area contributed by atoms with E-state index in [0.717, 1.165) is 35.6 Å². The fraction of sp³-hybridized carbons (Fsp3) is 0.345. The number of likely N-dealkylation sites (N-methyl/N-ethyl adjacent to an activating group) is 1. The first-order chi connectivity index (χ1) is 18.9. The van der Waals surface area contributed by atoms with E-state index >= 15 is 0 Å². The molecule has 0 radical (unpaired) electrons. The largest absolute Gasteiger partial charge is 0.373 e. The molecule has 0 bridgehead atoms. The zero-order valence-electron chi connectivity index (χ0n) is 21.9. The molecule has 1 aromatic carbocycles. The van der Waals surface area contributed by atoms with Crippen molar-refractivity contribution in [2.75, 3.05) is 44.0 Å². The summed E-state index contributed by atoms with van der Waals surface area (Å²) in [6.45, 7) is 2.79. The first-order valence-electron chi connectivity index (χ1n) is 13.3. The van der Waals surface area contributed by atoms with Crippen molar-refractivity contribution in [1.82, 2.24) is 24.6 Å². The third-order valence-corrected chi connectivity index (χ3v) is 8.41. The number of rotatable bonds is 6. The number of pyridine rings is 2. The molecule has 2 aliphatic heterocycles. The number of hydrogen-bond acceptors (Lipinski definition) is 7. The van der Waals surface area contributed by atoms with Crippen LogP contribution < -0.4 is 15.5 Å². The summed E-state index contributed by atoms with van der Waals surface area (Å²) >= 11 is 0. The number of nitrogens with zero attached hydrogens (tertiary/aromatic N) is 5. The van der Waals surface area contributed by atoms with E-state index in [4.69, 9.17) is 4.74 Å². The number of amides is 1. The van der Waals surface area contributed by atoms with Crippen molar-refractivity contribution >= 4 is 28.7 Å². The van der Waals surface area contributed by atoms with E-state index < -0.39 is 0 Å². The Hall–Kier alpha value is -4.02. The van der Waals surface area contributed by atoms with Crippen LogP contribution in [0.2, 0.25) is 0 Å². The number of morpholine rings is 1. The Bertz CT molecular complexity index is 1580. The van der Waals surface area contributed by atoms with E-state index in [1.165, 1.54) is 25.0 Å². The average molecular weight is 528 g/mol. The van der Waals surface area contributed by atoms with Crippen molar-refractivity contribution in [3.8, 4) is 11.3 Å². The molecule has 9 nitrogen and oxygen atoms in total. The maximum Gasteiger partial charge on any atom is 0.254 e. The minimum Gasteiger partial charge on any atom is -0.373 e. The Labute approximate surface area is 225 Å². The lowest BCUT2D eigenvalue weighted by Crippen LogP contribution is -2.53. The summed E-state index contributed by atoms with van der Waals surface area (Å²) < 4.78 is 21.7. The Kier molecular flexibility index (Phi) is 5.57. The highest BCUT2D eigenvalue weighted by atomic mass is 19.1. The van der Waals surface area contributed by atoms with E-state index in [-0.39, 0.29) is 23.4 Å². The summed E-state index contributed by atoms with van der Waals surface area (Å²) in [6.07, 6.45) is 7.78. The van der Waals surface area contributed by atoms with Crippen LogP contribution in [0.3, 0.4) is 0 Å². The zero-order chi connectivity index (χ0) is 26.7. The fourth-order valence-electron chi connectivity index (χ4n) is 6.03. The van der Waals surface area contributed by atoms with Crippen LogP contribution in [0.15, 0.2) is 55.0 Å². The second-order valence-corrected chi connectivity index (χ2v) is 10.7. The van der Waals surface area contributed by atoms with Crippen molar-refractivity contribution in [3.63, 3.8) is 0 Å². The Morgan fingerprint density at radius 2 is 2.03 bits per heavy atom. The summed E-state index contributed by atoms with van der Waals surface area (Å²) in [6, 6.07) is 10.7. The lowest BCUT2D eigenvalue weighted by atomic mass is 9.99. The third kappa shape index (κ3) is 4.02. The highest BCUT2D eigenvalue weighted by Gasteiger charge is 2.53. The molecule has 39 heavy (non-hydrogen) atoms. The number of halogens is 1. The van der Waals surface area contributed by atoms with Gasteiger partial charge in [-0.1, -0.05) is 6.07 Å². The molecule has 200 valence electrons. The van der Waals surface area contributed by atoms with E-state index in [2.05, 4.69) is 50.6 Å². The topological polar surface area (TPSA) is 87.0 Å². The number of ether oxygens (including phenoxy) is 1. The molecule has 10 heteroatoms. The SMILES string of the molecule is CN(C)C1([C@H]2CN(c3ccc(Nc4ccc(-c5cnc6cc(F)ccn56)c5c4C(=O)NC5)nc3)CCO2)CC1. The molecule has 1 saturated carbocycles. The smallest absolute Gasteiger partial charge is 0.254 e. The van der Waals surface area contributed by atoms with Gasteiger partial charge in [0.25, 0.3) is 5.91 Å². The average Bonchev–Trinajstić information content (AvgIpc) is 3.54. The number of hydrogen-bond donors (Lipinski definition) is 2. The van der Waals surface area contributed by atoms with Gasteiger partial charge in [0.1, 0.15) is 17.3 Å². The van der Waals surface area contributed by atoms with Gasteiger partial charge in [-0.25, -0.2) is 14.4 Å². The predicted molar refractivity (Wildman–Crippen MR) is 147 cm³/mol. The Morgan fingerprint density at radius 1 is 1.15 bits per heavy atom. The van der Waals surface area contributed by atoms with Gasteiger partial charge in [0.15, 0.2) is 0 Å². The summed E-state index contributed by atoms with van der Waals surface area (Å²) in [5, 5.41) is 6.29. The van der Waals surface area contributed by atoms with E-state index in [0.29, 0.717) is 35.9 Å². The molecule has 1 saturated heterocycles. The van der Waals surface area contributed by atoms with Gasteiger partial charge >= 0.3 is 0 Å². The van der Waals surface area contributed by atoms with E-state index in [1.54, 1.807) is 12.4 Å². The van der Waals surface area contributed by atoms with Gasteiger partial charge in [-0.2, -0.15) is 0 Å².